The zero-order chi connectivity index (χ0) is 12.6. The maximum Gasteiger partial charge on any atom is 0.0252 e. The minimum atomic E-state index is -0.206. The molecule has 0 amide bonds. The fourth-order valence-electron chi connectivity index (χ4n) is 2.36. The standard InChI is InChI=1S/C14H22BrP/c1-13(2,3)16(14(4,5)6)12-10-8-7-9-11(12)15/h7-10H,1-6H3. The third kappa shape index (κ3) is 3.31. The van der Waals surface area contributed by atoms with Gasteiger partial charge in [-0.1, -0.05) is 83.6 Å². The molecular weight excluding hydrogens is 279 g/mol. The quantitative estimate of drug-likeness (QED) is 0.629. The van der Waals surface area contributed by atoms with Crippen LogP contribution >= 0.6 is 23.9 Å². The van der Waals surface area contributed by atoms with Crippen molar-refractivity contribution in [2.24, 2.45) is 0 Å². The average molecular weight is 301 g/mol. The van der Waals surface area contributed by atoms with Crippen molar-refractivity contribution in [1.82, 2.24) is 0 Å². The highest BCUT2D eigenvalue weighted by Gasteiger charge is 2.36. The van der Waals surface area contributed by atoms with Crippen LogP contribution < -0.4 is 5.30 Å². The lowest BCUT2D eigenvalue weighted by atomic mass is 10.2. The van der Waals surface area contributed by atoms with Gasteiger partial charge in [-0.15, -0.1) is 0 Å². The summed E-state index contributed by atoms with van der Waals surface area (Å²) in [5.41, 5.74) is 0. The van der Waals surface area contributed by atoms with Crippen molar-refractivity contribution in [2.75, 3.05) is 0 Å². The van der Waals surface area contributed by atoms with Crippen LogP contribution in [0.4, 0.5) is 0 Å². The van der Waals surface area contributed by atoms with E-state index in [2.05, 4.69) is 81.7 Å². The van der Waals surface area contributed by atoms with E-state index < -0.39 is 0 Å². The summed E-state index contributed by atoms with van der Waals surface area (Å²) in [5.74, 6) is 0. The SMILES string of the molecule is CC(C)(C)P(c1ccccc1Br)C(C)(C)C. The van der Waals surface area contributed by atoms with Crippen LogP contribution in [0.5, 0.6) is 0 Å². The molecule has 16 heavy (non-hydrogen) atoms. The molecule has 2 heteroatoms. The number of hydrogen-bond donors (Lipinski definition) is 0. The van der Waals surface area contributed by atoms with Gasteiger partial charge in [-0.3, -0.25) is 0 Å². The zero-order valence-corrected chi connectivity index (χ0v) is 13.6. The van der Waals surface area contributed by atoms with Crippen molar-refractivity contribution in [3.8, 4) is 0 Å². The van der Waals surface area contributed by atoms with Crippen LogP contribution in [0.25, 0.3) is 0 Å². The summed E-state index contributed by atoms with van der Waals surface area (Å²) in [6.07, 6.45) is 0. The van der Waals surface area contributed by atoms with Crippen molar-refractivity contribution in [3.05, 3.63) is 28.7 Å². The Morgan fingerprint density at radius 3 is 1.69 bits per heavy atom. The van der Waals surface area contributed by atoms with Crippen molar-refractivity contribution < 1.29 is 0 Å². The van der Waals surface area contributed by atoms with Crippen LogP contribution in [0.3, 0.4) is 0 Å². The summed E-state index contributed by atoms with van der Waals surface area (Å²) in [6.45, 7) is 14.1. The molecule has 0 aromatic heterocycles. The molecule has 0 aliphatic rings. The first-order valence-electron chi connectivity index (χ1n) is 5.69. The Balaban J connectivity index is 3.29. The minimum Gasteiger partial charge on any atom is -0.0631 e. The first-order chi connectivity index (χ1) is 7.14. The van der Waals surface area contributed by atoms with Crippen LogP contribution in [0.1, 0.15) is 41.5 Å². The lowest BCUT2D eigenvalue weighted by Crippen LogP contribution is -2.31. The predicted octanol–water partition coefficient (Wildman–Crippen LogP) is 5.15. The first-order valence-corrected chi connectivity index (χ1v) is 7.82. The predicted molar refractivity (Wildman–Crippen MR) is 80.2 cm³/mol. The van der Waals surface area contributed by atoms with E-state index in [4.69, 9.17) is 0 Å². The van der Waals surface area contributed by atoms with Crippen molar-refractivity contribution in [1.29, 1.82) is 0 Å². The Morgan fingerprint density at radius 2 is 1.31 bits per heavy atom. The second kappa shape index (κ2) is 4.78. The summed E-state index contributed by atoms with van der Waals surface area (Å²) >= 11 is 3.70. The molecule has 1 rings (SSSR count). The maximum atomic E-state index is 3.70. The number of halogens is 1. The molecule has 1 aromatic rings. The van der Waals surface area contributed by atoms with Gasteiger partial charge >= 0.3 is 0 Å². The Labute approximate surface area is 110 Å². The lowest BCUT2D eigenvalue weighted by molar-refractivity contribution is 0.714. The van der Waals surface area contributed by atoms with Gasteiger partial charge in [0.25, 0.3) is 0 Å². The molecule has 0 nitrogen and oxygen atoms in total. The normalized spacial score (nSPS) is 13.2. The third-order valence-electron chi connectivity index (χ3n) is 2.43. The molecule has 0 saturated heterocycles. The summed E-state index contributed by atoms with van der Waals surface area (Å²) in [4.78, 5) is 0. The van der Waals surface area contributed by atoms with Crippen molar-refractivity contribution >= 4 is 29.2 Å². The van der Waals surface area contributed by atoms with Gasteiger partial charge in [0.1, 0.15) is 0 Å². The molecule has 0 bridgehead atoms. The van der Waals surface area contributed by atoms with Crippen LogP contribution in [-0.4, -0.2) is 10.3 Å². The second-order valence-corrected chi connectivity index (χ2v) is 10.8. The molecule has 0 saturated carbocycles. The van der Waals surface area contributed by atoms with Gasteiger partial charge in [-0.25, -0.2) is 0 Å². The zero-order valence-electron chi connectivity index (χ0n) is 11.1. The molecule has 0 N–H and O–H groups in total. The fourth-order valence-corrected chi connectivity index (χ4v) is 7.16. The number of hydrogen-bond acceptors (Lipinski definition) is 0. The highest BCUT2D eigenvalue weighted by molar-refractivity contribution is 9.10. The summed E-state index contributed by atoms with van der Waals surface area (Å²) in [6, 6.07) is 8.66. The molecule has 0 fully saturated rings. The van der Waals surface area contributed by atoms with Crippen LogP contribution in [0.2, 0.25) is 0 Å². The maximum absolute atomic E-state index is 3.70. The smallest absolute Gasteiger partial charge is 0.0252 e. The van der Waals surface area contributed by atoms with E-state index in [-0.39, 0.29) is 7.92 Å². The van der Waals surface area contributed by atoms with E-state index >= 15 is 0 Å². The van der Waals surface area contributed by atoms with Crippen LogP contribution in [0.15, 0.2) is 28.7 Å². The highest BCUT2D eigenvalue weighted by Crippen LogP contribution is 2.59. The summed E-state index contributed by atoms with van der Waals surface area (Å²) < 4.78 is 1.26. The monoisotopic (exact) mass is 300 g/mol. The molecule has 0 radical (unpaired) electrons. The summed E-state index contributed by atoms with van der Waals surface area (Å²) in [5, 5.41) is 2.15. The van der Waals surface area contributed by atoms with Gasteiger partial charge < -0.3 is 0 Å². The topological polar surface area (TPSA) is 0 Å². The molecule has 0 aliphatic heterocycles. The van der Waals surface area contributed by atoms with Crippen LogP contribution in [-0.2, 0) is 0 Å². The Hall–Kier alpha value is 0.130. The molecule has 0 unspecified atom stereocenters. The van der Waals surface area contributed by atoms with Gasteiger partial charge in [0.2, 0.25) is 0 Å². The van der Waals surface area contributed by atoms with Crippen molar-refractivity contribution in [2.45, 2.75) is 51.9 Å². The lowest BCUT2D eigenvalue weighted by Gasteiger charge is -2.42. The number of benzene rings is 1. The van der Waals surface area contributed by atoms with E-state index in [9.17, 15) is 0 Å². The second-order valence-electron chi connectivity index (χ2n) is 6.13. The molecule has 0 heterocycles. The van der Waals surface area contributed by atoms with E-state index in [1.807, 2.05) is 0 Å². The van der Waals surface area contributed by atoms with Gasteiger partial charge in [0.05, 0.1) is 0 Å². The third-order valence-corrected chi connectivity index (χ3v) is 6.99. The molecular formula is C14H22BrP. The van der Waals surface area contributed by atoms with Crippen molar-refractivity contribution in [3.63, 3.8) is 0 Å². The molecule has 0 spiro atoms. The minimum absolute atomic E-state index is 0.206. The van der Waals surface area contributed by atoms with Gasteiger partial charge in [-0.2, -0.15) is 0 Å². The highest BCUT2D eigenvalue weighted by atomic mass is 79.9. The fraction of sp³-hybridized carbons (Fsp3) is 0.571. The molecule has 0 atom stereocenters. The molecule has 1 aromatic carbocycles. The summed E-state index contributed by atoms with van der Waals surface area (Å²) in [7, 11) is -0.206. The van der Waals surface area contributed by atoms with E-state index in [1.54, 1.807) is 0 Å². The number of rotatable bonds is 1. The Morgan fingerprint density at radius 1 is 0.875 bits per heavy atom. The van der Waals surface area contributed by atoms with E-state index in [0.717, 1.165) is 0 Å². The molecule has 0 aliphatic carbocycles. The van der Waals surface area contributed by atoms with Gasteiger partial charge in [0, 0.05) is 4.47 Å². The Bertz CT molecular complexity index is 344. The first kappa shape index (κ1) is 14.2. The van der Waals surface area contributed by atoms with E-state index in [0.29, 0.717) is 10.3 Å². The van der Waals surface area contributed by atoms with Gasteiger partial charge in [0.15, 0.2) is 0 Å². The largest absolute Gasteiger partial charge is 0.0631 e. The van der Waals surface area contributed by atoms with Crippen LogP contribution in [0, 0.1) is 0 Å². The van der Waals surface area contributed by atoms with E-state index in [1.165, 1.54) is 9.78 Å². The van der Waals surface area contributed by atoms with Gasteiger partial charge in [-0.05, 0) is 21.7 Å². The Kier molecular flexibility index (Phi) is 4.24. The average Bonchev–Trinajstić information content (AvgIpc) is 2.03. The molecule has 90 valence electrons.